The summed E-state index contributed by atoms with van der Waals surface area (Å²) in [7, 11) is 0. The molecule has 3 heterocycles. The maximum atomic E-state index is 5.70. The molecule has 1 aromatic carbocycles. The molecule has 1 aliphatic heterocycles. The fraction of sp³-hybridized carbons (Fsp3) is 0.316. The highest BCUT2D eigenvalue weighted by Gasteiger charge is 2.25. The molecule has 0 radical (unpaired) electrons. The fourth-order valence-corrected chi connectivity index (χ4v) is 3.31. The second kappa shape index (κ2) is 7.44. The minimum absolute atomic E-state index is 0.374. The molecule has 1 atom stereocenters. The Labute approximate surface area is 146 Å². The molecule has 3 aromatic rings. The second-order valence-corrected chi connectivity index (χ2v) is 6.25. The summed E-state index contributed by atoms with van der Waals surface area (Å²) in [5.41, 5.74) is 1.27. The van der Waals surface area contributed by atoms with Crippen LogP contribution in [0.1, 0.15) is 36.7 Å². The number of ether oxygens (including phenoxy) is 1. The Kier molecular flexibility index (Phi) is 4.70. The average Bonchev–Trinajstić information content (AvgIpc) is 3.19. The molecule has 0 unspecified atom stereocenters. The van der Waals surface area contributed by atoms with Gasteiger partial charge in [0.2, 0.25) is 5.88 Å². The third-order valence-corrected chi connectivity index (χ3v) is 4.52. The molecular weight excluding hydrogens is 314 g/mol. The normalized spacial score (nSPS) is 18.2. The highest BCUT2D eigenvalue weighted by molar-refractivity contribution is 5.30. The summed E-state index contributed by atoms with van der Waals surface area (Å²) in [6.07, 6.45) is 12.2. The van der Waals surface area contributed by atoms with Crippen molar-refractivity contribution in [2.45, 2.75) is 31.8 Å². The minimum Gasteiger partial charge on any atom is -0.438 e. The number of likely N-dealkylation sites (tertiary alicyclic amines) is 1. The Morgan fingerprint density at radius 3 is 2.76 bits per heavy atom. The van der Waals surface area contributed by atoms with Gasteiger partial charge in [-0.3, -0.25) is 9.88 Å². The molecule has 0 aliphatic carbocycles. The Bertz CT molecular complexity index is 773. The van der Waals surface area contributed by atoms with Crippen LogP contribution in [-0.2, 0) is 6.54 Å². The van der Waals surface area contributed by atoms with Gasteiger partial charge < -0.3 is 9.72 Å². The third kappa shape index (κ3) is 3.85. The summed E-state index contributed by atoms with van der Waals surface area (Å²) in [6, 6.07) is 8.56. The highest BCUT2D eigenvalue weighted by atomic mass is 16.5. The SMILES string of the molecule is c1cnc(Oc2ccc(CN3CCCC[C@H]3c3ncc[nH]3)cc2)cn1. The Hall–Kier alpha value is -2.73. The van der Waals surface area contributed by atoms with E-state index in [2.05, 4.69) is 37.0 Å². The van der Waals surface area contributed by atoms with E-state index in [1.54, 1.807) is 18.6 Å². The van der Waals surface area contributed by atoms with Gasteiger partial charge in [-0.05, 0) is 37.1 Å². The Morgan fingerprint density at radius 2 is 2.00 bits per heavy atom. The molecule has 0 saturated carbocycles. The molecule has 4 rings (SSSR count). The van der Waals surface area contributed by atoms with Gasteiger partial charge in [0.1, 0.15) is 11.6 Å². The molecule has 1 saturated heterocycles. The summed E-state index contributed by atoms with van der Waals surface area (Å²) in [5, 5.41) is 0. The van der Waals surface area contributed by atoms with Crippen molar-refractivity contribution in [2.75, 3.05) is 6.54 Å². The van der Waals surface area contributed by atoms with Gasteiger partial charge in [0.15, 0.2) is 0 Å². The van der Waals surface area contributed by atoms with E-state index in [4.69, 9.17) is 4.74 Å². The van der Waals surface area contributed by atoms with Gasteiger partial charge in [0, 0.05) is 31.3 Å². The van der Waals surface area contributed by atoms with E-state index in [1.165, 1.54) is 18.4 Å². The number of hydrogen-bond donors (Lipinski definition) is 1. The van der Waals surface area contributed by atoms with Gasteiger partial charge in [0.25, 0.3) is 0 Å². The molecule has 1 N–H and O–H groups in total. The zero-order valence-corrected chi connectivity index (χ0v) is 14.0. The number of nitrogens with zero attached hydrogens (tertiary/aromatic N) is 4. The number of nitrogens with one attached hydrogen (secondary N) is 1. The maximum absolute atomic E-state index is 5.70. The Balaban J connectivity index is 1.43. The molecule has 0 bridgehead atoms. The number of rotatable bonds is 5. The van der Waals surface area contributed by atoms with Crippen LogP contribution in [0.25, 0.3) is 0 Å². The lowest BCUT2D eigenvalue weighted by molar-refractivity contribution is 0.134. The molecule has 128 valence electrons. The van der Waals surface area contributed by atoms with Crippen LogP contribution in [0.4, 0.5) is 0 Å². The zero-order chi connectivity index (χ0) is 16.9. The fourth-order valence-electron chi connectivity index (χ4n) is 3.31. The Morgan fingerprint density at radius 1 is 1.08 bits per heavy atom. The first-order chi connectivity index (χ1) is 12.4. The van der Waals surface area contributed by atoms with E-state index in [-0.39, 0.29) is 0 Å². The number of aromatic amines is 1. The lowest BCUT2D eigenvalue weighted by Crippen LogP contribution is -2.33. The van der Waals surface area contributed by atoms with Crippen molar-refractivity contribution < 1.29 is 4.74 Å². The van der Waals surface area contributed by atoms with Gasteiger partial charge in [-0.15, -0.1) is 0 Å². The number of H-pyrrole nitrogens is 1. The number of benzene rings is 1. The quantitative estimate of drug-likeness (QED) is 0.770. The predicted molar refractivity (Wildman–Crippen MR) is 94.1 cm³/mol. The van der Waals surface area contributed by atoms with Crippen LogP contribution in [0.5, 0.6) is 11.6 Å². The minimum atomic E-state index is 0.374. The standard InChI is InChI=1S/C19H21N5O/c1-2-12-24(17(3-1)19-22-10-11-23-19)14-15-4-6-16(7-5-15)25-18-13-20-8-9-21-18/h4-11,13,17H,1-3,12,14H2,(H,22,23)/t17-/m0/s1. The van der Waals surface area contributed by atoms with Crippen molar-refractivity contribution in [3.8, 4) is 11.6 Å². The topological polar surface area (TPSA) is 66.9 Å². The van der Waals surface area contributed by atoms with Crippen LogP contribution in [0.15, 0.2) is 55.2 Å². The van der Waals surface area contributed by atoms with Gasteiger partial charge in [0.05, 0.1) is 12.2 Å². The van der Waals surface area contributed by atoms with E-state index in [1.807, 2.05) is 24.5 Å². The van der Waals surface area contributed by atoms with Crippen LogP contribution in [-0.4, -0.2) is 31.4 Å². The van der Waals surface area contributed by atoms with Crippen molar-refractivity contribution in [3.63, 3.8) is 0 Å². The van der Waals surface area contributed by atoms with E-state index in [0.717, 1.165) is 31.1 Å². The predicted octanol–water partition coefficient (Wildman–Crippen LogP) is 3.72. The monoisotopic (exact) mass is 335 g/mol. The number of aromatic nitrogens is 4. The van der Waals surface area contributed by atoms with Gasteiger partial charge in [-0.2, -0.15) is 0 Å². The van der Waals surface area contributed by atoms with Gasteiger partial charge >= 0.3 is 0 Å². The van der Waals surface area contributed by atoms with E-state index in [0.29, 0.717) is 11.9 Å². The third-order valence-electron chi connectivity index (χ3n) is 4.52. The van der Waals surface area contributed by atoms with Crippen LogP contribution in [0.3, 0.4) is 0 Å². The molecule has 0 amide bonds. The largest absolute Gasteiger partial charge is 0.438 e. The highest BCUT2D eigenvalue weighted by Crippen LogP contribution is 2.30. The molecule has 6 heteroatoms. The molecule has 1 aliphatic rings. The van der Waals surface area contributed by atoms with Crippen LogP contribution >= 0.6 is 0 Å². The summed E-state index contributed by atoms with van der Waals surface area (Å²) in [6.45, 7) is 2.01. The maximum Gasteiger partial charge on any atom is 0.237 e. The van der Waals surface area contributed by atoms with Gasteiger partial charge in [-0.25, -0.2) is 9.97 Å². The summed E-state index contributed by atoms with van der Waals surface area (Å²) < 4.78 is 5.70. The lowest BCUT2D eigenvalue weighted by Gasteiger charge is -2.34. The molecule has 6 nitrogen and oxygen atoms in total. The number of piperidine rings is 1. The molecule has 1 fully saturated rings. The van der Waals surface area contributed by atoms with Crippen molar-refractivity contribution in [1.29, 1.82) is 0 Å². The molecule has 0 spiro atoms. The first kappa shape index (κ1) is 15.8. The molecular formula is C19H21N5O. The van der Waals surface area contributed by atoms with Crippen molar-refractivity contribution in [3.05, 3.63) is 66.6 Å². The summed E-state index contributed by atoms with van der Waals surface area (Å²) in [4.78, 5) is 18.4. The first-order valence-electron chi connectivity index (χ1n) is 8.64. The van der Waals surface area contributed by atoms with Crippen molar-refractivity contribution in [2.24, 2.45) is 0 Å². The van der Waals surface area contributed by atoms with E-state index < -0.39 is 0 Å². The van der Waals surface area contributed by atoms with E-state index in [9.17, 15) is 0 Å². The number of imidazole rings is 1. The average molecular weight is 335 g/mol. The second-order valence-electron chi connectivity index (χ2n) is 6.25. The van der Waals surface area contributed by atoms with Crippen molar-refractivity contribution in [1.82, 2.24) is 24.8 Å². The lowest BCUT2D eigenvalue weighted by atomic mass is 10.0. The van der Waals surface area contributed by atoms with Crippen LogP contribution in [0, 0.1) is 0 Å². The number of hydrogen-bond acceptors (Lipinski definition) is 5. The molecule has 2 aromatic heterocycles. The smallest absolute Gasteiger partial charge is 0.237 e. The van der Waals surface area contributed by atoms with E-state index >= 15 is 0 Å². The van der Waals surface area contributed by atoms with Crippen LogP contribution in [0.2, 0.25) is 0 Å². The summed E-state index contributed by atoms with van der Waals surface area (Å²) in [5.74, 6) is 2.34. The zero-order valence-electron chi connectivity index (χ0n) is 14.0. The molecule has 25 heavy (non-hydrogen) atoms. The first-order valence-corrected chi connectivity index (χ1v) is 8.64. The van der Waals surface area contributed by atoms with Gasteiger partial charge in [-0.1, -0.05) is 18.6 Å². The summed E-state index contributed by atoms with van der Waals surface area (Å²) >= 11 is 0. The van der Waals surface area contributed by atoms with Crippen molar-refractivity contribution >= 4 is 0 Å². The van der Waals surface area contributed by atoms with Crippen LogP contribution < -0.4 is 4.74 Å².